The van der Waals surface area contributed by atoms with Gasteiger partial charge in [0.15, 0.2) is 0 Å². The average Bonchev–Trinajstić information content (AvgIpc) is 3.23. The molecule has 2 aromatic carbocycles. The van der Waals surface area contributed by atoms with Crippen LogP contribution >= 0.6 is 11.6 Å². The van der Waals surface area contributed by atoms with Crippen molar-refractivity contribution in [2.24, 2.45) is 0 Å². The molecule has 29 heavy (non-hydrogen) atoms. The molecule has 2 aromatic heterocycles. The number of hydrogen-bond donors (Lipinski definition) is 1. The molecule has 5 nitrogen and oxygen atoms in total. The summed E-state index contributed by atoms with van der Waals surface area (Å²) in [6.07, 6.45) is 3.76. The van der Waals surface area contributed by atoms with Gasteiger partial charge >= 0.3 is 0 Å². The zero-order valence-corrected chi connectivity index (χ0v) is 16.8. The summed E-state index contributed by atoms with van der Waals surface area (Å²) in [5, 5.41) is 7.88. The van der Waals surface area contributed by atoms with Gasteiger partial charge < -0.3 is 9.84 Å². The third kappa shape index (κ3) is 4.05. The van der Waals surface area contributed by atoms with Gasteiger partial charge in [-0.05, 0) is 54.0 Å². The average molecular weight is 403 g/mol. The summed E-state index contributed by atoms with van der Waals surface area (Å²) in [4.78, 5) is 8.96. The van der Waals surface area contributed by atoms with Gasteiger partial charge in [0.1, 0.15) is 5.82 Å². The normalized spacial score (nSPS) is 11.5. The molecule has 0 atom stereocenters. The molecule has 4 aromatic rings. The van der Waals surface area contributed by atoms with Gasteiger partial charge in [-0.3, -0.25) is 0 Å². The lowest BCUT2D eigenvalue weighted by Crippen LogP contribution is -1.96. The van der Waals surface area contributed by atoms with Gasteiger partial charge in [-0.2, -0.15) is 4.98 Å². The van der Waals surface area contributed by atoms with Crippen molar-refractivity contribution in [3.8, 4) is 11.4 Å². The van der Waals surface area contributed by atoms with Crippen molar-refractivity contribution in [3.05, 3.63) is 94.5 Å². The molecule has 0 saturated heterocycles. The van der Waals surface area contributed by atoms with Crippen molar-refractivity contribution in [1.82, 2.24) is 15.1 Å². The summed E-state index contributed by atoms with van der Waals surface area (Å²) in [5.74, 6) is 1.57. The first-order valence-corrected chi connectivity index (χ1v) is 9.54. The number of aromatic nitrogens is 3. The summed E-state index contributed by atoms with van der Waals surface area (Å²) >= 11 is 6.24. The lowest BCUT2D eigenvalue weighted by Gasteiger charge is -2.06. The van der Waals surface area contributed by atoms with Gasteiger partial charge in [-0.15, -0.1) is 0 Å². The van der Waals surface area contributed by atoms with Crippen molar-refractivity contribution < 1.29 is 4.52 Å². The minimum absolute atomic E-state index is 0.413. The second kappa shape index (κ2) is 8.29. The SMILES string of the molecule is CNc1ncccc1-c1noc(C(=Cc2ccccc2C)c2cccc(Cl)c2)n1. The number of hydrogen-bond acceptors (Lipinski definition) is 5. The fourth-order valence-electron chi connectivity index (χ4n) is 3.06. The number of halogens is 1. The predicted molar refractivity (Wildman–Crippen MR) is 117 cm³/mol. The third-order valence-corrected chi connectivity index (χ3v) is 4.80. The van der Waals surface area contributed by atoms with E-state index in [0.29, 0.717) is 22.6 Å². The number of nitrogens with one attached hydrogen (secondary N) is 1. The summed E-state index contributed by atoms with van der Waals surface area (Å²) in [6.45, 7) is 2.06. The van der Waals surface area contributed by atoms with Crippen molar-refractivity contribution in [1.29, 1.82) is 0 Å². The highest BCUT2D eigenvalue weighted by molar-refractivity contribution is 6.30. The summed E-state index contributed by atoms with van der Waals surface area (Å²) in [6, 6.07) is 19.5. The van der Waals surface area contributed by atoms with Gasteiger partial charge in [-0.25, -0.2) is 4.98 Å². The lowest BCUT2D eigenvalue weighted by molar-refractivity contribution is 0.409. The van der Waals surface area contributed by atoms with E-state index in [4.69, 9.17) is 16.1 Å². The number of pyridine rings is 1. The monoisotopic (exact) mass is 402 g/mol. The molecule has 0 amide bonds. The Morgan fingerprint density at radius 1 is 1.07 bits per heavy atom. The van der Waals surface area contributed by atoms with E-state index < -0.39 is 0 Å². The van der Waals surface area contributed by atoms with E-state index in [0.717, 1.165) is 27.8 Å². The maximum Gasteiger partial charge on any atom is 0.258 e. The molecule has 6 heteroatoms. The Bertz CT molecular complexity index is 1180. The molecule has 0 bridgehead atoms. The van der Waals surface area contributed by atoms with Gasteiger partial charge in [0.05, 0.1) is 5.56 Å². The second-order valence-corrected chi connectivity index (χ2v) is 6.93. The fourth-order valence-corrected chi connectivity index (χ4v) is 3.25. The Kier molecular flexibility index (Phi) is 5.40. The highest BCUT2D eigenvalue weighted by Crippen LogP contribution is 2.30. The molecule has 2 heterocycles. The molecule has 0 fully saturated rings. The molecule has 0 radical (unpaired) electrons. The first-order valence-electron chi connectivity index (χ1n) is 9.16. The van der Waals surface area contributed by atoms with Crippen LogP contribution in [0.5, 0.6) is 0 Å². The molecule has 144 valence electrons. The fraction of sp³-hybridized carbons (Fsp3) is 0.0870. The van der Waals surface area contributed by atoms with Gasteiger partial charge in [0.25, 0.3) is 5.89 Å². The molecule has 1 N–H and O–H groups in total. The maximum atomic E-state index is 6.24. The van der Waals surface area contributed by atoms with E-state index in [1.807, 2.05) is 61.7 Å². The van der Waals surface area contributed by atoms with Crippen molar-refractivity contribution >= 4 is 29.1 Å². The minimum Gasteiger partial charge on any atom is -0.373 e. The number of rotatable bonds is 5. The molecular weight excluding hydrogens is 384 g/mol. The Labute approximate surface area is 174 Å². The highest BCUT2D eigenvalue weighted by atomic mass is 35.5. The Hall–Kier alpha value is -3.44. The molecule has 0 aliphatic rings. The van der Waals surface area contributed by atoms with Crippen molar-refractivity contribution in [3.63, 3.8) is 0 Å². The van der Waals surface area contributed by atoms with Crippen LogP contribution in [0.15, 0.2) is 71.4 Å². The third-order valence-electron chi connectivity index (χ3n) is 4.57. The molecule has 0 aliphatic heterocycles. The van der Waals surface area contributed by atoms with Crippen LogP contribution in [0.1, 0.15) is 22.6 Å². The van der Waals surface area contributed by atoms with E-state index in [1.54, 1.807) is 6.20 Å². The molecule has 0 unspecified atom stereocenters. The van der Waals surface area contributed by atoms with E-state index >= 15 is 0 Å². The van der Waals surface area contributed by atoms with Crippen LogP contribution in [-0.2, 0) is 0 Å². The first-order chi connectivity index (χ1) is 14.2. The molecule has 0 spiro atoms. The van der Waals surface area contributed by atoms with Gasteiger partial charge in [-0.1, -0.05) is 53.2 Å². The van der Waals surface area contributed by atoms with E-state index in [1.165, 1.54) is 0 Å². The summed E-state index contributed by atoms with van der Waals surface area (Å²) in [7, 11) is 1.81. The van der Waals surface area contributed by atoms with Crippen LogP contribution in [0.4, 0.5) is 5.82 Å². The van der Waals surface area contributed by atoms with Gasteiger partial charge in [0.2, 0.25) is 5.82 Å². The molecular formula is C23H19ClN4O. The van der Waals surface area contributed by atoms with Crippen molar-refractivity contribution in [2.75, 3.05) is 12.4 Å². The topological polar surface area (TPSA) is 63.8 Å². The smallest absolute Gasteiger partial charge is 0.258 e. The van der Waals surface area contributed by atoms with Crippen LogP contribution in [0, 0.1) is 6.92 Å². The van der Waals surface area contributed by atoms with E-state index in [-0.39, 0.29) is 0 Å². The van der Waals surface area contributed by atoms with Crippen LogP contribution in [0.2, 0.25) is 5.02 Å². The lowest BCUT2D eigenvalue weighted by atomic mass is 10.0. The molecule has 4 rings (SSSR count). The molecule has 0 saturated carbocycles. The summed E-state index contributed by atoms with van der Waals surface area (Å²) in [5.41, 5.74) is 4.69. The quantitative estimate of drug-likeness (QED) is 0.432. The maximum absolute atomic E-state index is 6.24. The number of nitrogens with zero attached hydrogens (tertiary/aromatic N) is 3. The van der Waals surface area contributed by atoms with Crippen LogP contribution in [0.3, 0.4) is 0 Å². The molecule has 0 aliphatic carbocycles. The summed E-state index contributed by atoms with van der Waals surface area (Å²) < 4.78 is 5.66. The second-order valence-electron chi connectivity index (χ2n) is 6.50. The highest BCUT2D eigenvalue weighted by Gasteiger charge is 2.17. The Morgan fingerprint density at radius 3 is 2.72 bits per heavy atom. The largest absolute Gasteiger partial charge is 0.373 e. The van der Waals surface area contributed by atoms with E-state index in [2.05, 4.69) is 39.5 Å². The number of anilines is 1. The standard InChI is InChI=1S/C23H19ClN4O/c1-15-7-3-4-8-16(15)14-20(17-9-5-10-18(24)13-17)23-27-22(28-29-23)19-11-6-12-26-21(19)25-2/h3-14H,1-2H3,(H,25,26). The van der Waals surface area contributed by atoms with Crippen LogP contribution < -0.4 is 5.32 Å². The zero-order valence-electron chi connectivity index (χ0n) is 16.1. The number of benzene rings is 2. The van der Waals surface area contributed by atoms with Crippen LogP contribution in [-0.4, -0.2) is 22.2 Å². The Balaban J connectivity index is 1.85. The number of aryl methyl sites for hydroxylation is 1. The van der Waals surface area contributed by atoms with Crippen LogP contribution in [0.25, 0.3) is 23.0 Å². The first kappa shape index (κ1) is 18.9. The van der Waals surface area contributed by atoms with Crippen molar-refractivity contribution in [2.45, 2.75) is 6.92 Å². The Morgan fingerprint density at radius 2 is 1.93 bits per heavy atom. The van der Waals surface area contributed by atoms with Gasteiger partial charge in [0, 0.05) is 23.8 Å². The minimum atomic E-state index is 0.413. The zero-order chi connectivity index (χ0) is 20.2. The van der Waals surface area contributed by atoms with E-state index in [9.17, 15) is 0 Å². The predicted octanol–water partition coefficient (Wildman–Crippen LogP) is 5.72.